The second-order valence-electron chi connectivity index (χ2n) is 13.0. The highest BCUT2D eigenvalue weighted by Crippen LogP contribution is 2.46. The summed E-state index contributed by atoms with van der Waals surface area (Å²) in [6.45, 7) is 7.71. The van der Waals surface area contributed by atoms with Gasteiger partial charge >= 0.3 is 11.9 Å². The summed E-state index contributed by atoms with van der Waals surface area (Å²) < 4.78 is 23.4. The Bertz CT molecular complexity index is 1480. The largest absolute Gasteiger partial charge is 0.493 e. The van der Waals surface area contributed by atoms with E-state index in [2.05, 4.69) is 0 Å². The maximum atomic E-state index is 14.6. The van der Waals surface area contributed by atoms with E-state index in [1.807, 2.05) is 26.8 Å². The molecule has 2 heterocycles. The van der Waals surface area contributed by atoms with Gasteiger partial charge in [-0.2, -0.15) is 0 Å². The van der Waals surface area contributed by atoms with E-state index in [1.165, 1.54) is 21.1 Å². The Kier molecular flexibility index (Phi) is 11.8. The van der Waals surface area contributed by atoms with E-state index >= 15 is 0 Å². The van der Waals surface area contributed by atoms with E-state index in [9.17, 15) is 24.3 Å². The molecule has 0 bridgehead atoms. The van der Waals surface area contributed by atoms with Crippen LogP contribution in [0.1, 0.15) is 77.0 Å². The molecule has 0 spiro atoms. The van der Waals surface area contributed by atoms with Gasteiger partial charge in [0.15, 0.2) is 11.5 Å². The van der Waals surface area contributed by atoms with Gasteiger partial charge in [-0.25, -0.2) is 0 Å². The number of hydrogen-bond donors (Lipinski definition) is 1. The summed E-state index contributed by atoms with van der Waals surface area (Å²) in [6, 6.07) is 10.4. The van der Waals surface area contributed by atoms with E-state index in [0.717, 1.165) is 0 Å². The number of piperidine rings is 1. The van der Waals surface area contributed by atoms with Gasteiger partial charge in [0.2, 0.25) is 5.91 Å². The number of ether oxygens (including phenoxy) is 4. The van der Waals surface area contributed by atoms with E-state index in [-0.39, 0.29) is 43.9 Å². The first-order valence-electron chi connectivity index (χ1n) is 15.9. The third kappa shape index (κ3) is 8.56. The second-order valence-corrected chi connectivity index (χ2v) is 13.4. The van der Waals surface area contributed by atoms with Crippen LogP contribution in [0.15, 0.2) is 36.4 Å². The third-order valence-corrected chi connectivity index (χ3v) is 9.05. The van der Waals surface area contributed by atoms with Crippen molar-refractivity contribution in [3.63, 3.8) is 0 Å². The number of methoxy groups -OCH3 is 2. The highest BCUT2D eigenvalue weighted by Gasteiger charge is 2.42. The second kappa shape index (κ2) is 15.4. The van der Waals surface area contributed by atoms with Crippen LogP contribution in [0.4, 0.5) is 5.69 Å². The highest BCUT2D eigenvalue weighted by molar-refractivity contribution is 6.30. The first kappa shape index (κ1) is 36.0. The van der Waals surface area contributed by atoms with Crippen molar-refractivity contribution in [1.82, 2.24) is 4.90 Å². The van der Waals surface area contributed by atoms with E-state index < -0.39 is 35.5 Å². The van der Waals surface area contributed by atoms with Crippen LogP contribution in [0.25, 0.3) is 0 Å². The van der Waals surface area contributed by atoms with Gasteiger partial charge < -0.3 is 33.9 Å². The summed E-state index contributed by atoms with van der Waals surface area (Å²) in [7, 11) is 3.05. The number of anilines is 1. The number of carbonyl (C=O) groups is 4. The Balaban J connectivity index is 1.78. The number of aliphatic carboxylic acids is 1. The molecule has 2 unspecified atom stereocenters. The molecule has 4 atom stereocenters. The maximum Gasteiger partial charge on any atom is 0.303 e. The predicted molar refractivity (Wildman–Crippen MR) is 176 cm³/mol. The molecule has 2 aromatic rings. The number of rotatable bonds is 12. The molecule has 0 radical (unpaired) electrons. The number of carbonyl (C=O) groups excluding carboxylic acids is 3. The lowest BCUT2D eigenvalue weighted by Gasteiger charge is -2.39. The van der Waals surface area contributed by atoms with Crippen molar-refractivity contribution in [3.05, 3.63) is 52.5 Å². The van der Waals surface area contributed by atoms with Gasteiger partial charge in [0.25, 0.3) is 5.91 Å². The lowest BCUT2D eigenvalue weighted by molar-refractivity contribution is -0.147. The molecule has 256 valence electrons. The van der Waals surface area contributed by atoms with Gasteiger partial charge in [-0.1, -0.05) is 44.5 Å². The van der Waals surface area contributed by atoms with Crippen LogP contribution < -0.4 is 14.4 Å². The number of benzene rings is 2. The average Bonchev–Trinajstić information content (AvgIpc) is 3.13. The predicted octanol–water partition coefficient (Wildman–Crippen LogP) is 5.65. The van der Waals surface area contributed by atoms with Gasteiger partial charge in [-0.15, -0.1) is 0 Å². The lowest BCUT2D eigenvalue weighted by atomic mass is 9.87. The van der Waals surface area contributed by atoms with Crippen molar-refractivity contribution in [2.45, 2.75) is 78.0 Å². The van der Waals surface area contributed by atoms with Crippen LogP contribution in [0.5, 0.6) is 11.5 Å². The number of fused-ring (bicyclic) bond motifs is 1. The summed E-state index contributed by atoms with van der Waals surface area (Å²) >= 11 is 6.54. The molecule has 47 heavy (non-hydrogen) atoms. The number of carboxylic acids is 1. The van der Waals surface area contributed by atoms with Crippen molar-refractivity contribution >= 4 is 41.0 Å². The van der Waals surface area contributed by atoms with E-state index in [0.29, 0.717) is 59.1 Å². The first-order valence-corrected chi connectivity index (χ1v) is 16.3. The average molecular weight is 673 g/mol. The number of nitrogens with zero attached hydrogens (tertiary/aromatic N) is 2. The Morgan fingerprint density at radius 3 is 2.47 bits per heavy atom. The van der Waals surface area contributed by atoms with Gasteiger partial charge in [-0.05, 0) is 49.4 Å². The molecule has 2 aliphatic rings. The molecule has 1 N–H and O–H groups in total. The zero-order valence-electron chi connectivity index (χ0n) is 27.9. The Morgan fingerprint density at radius 2 is 1.83 bits per heavy atom. The molecule has 1 saturated heterocycles. The minimum Gasteiger partial charge on any atom is -0.493 e. The summed E-state index contributed by atoms with van der Waals surface area (Å²) in [6.07, 6.45) is -0.439. The quantitative estimate of drug-likeness (QED) is 0.284. The third-order valence-electron chi connectivity index (χ3n) is 8.81. The minimum atomic E-state index is -1.20. The number of amides is 2. The fourth-order valence-electron chi connectivity index (χ4n) is 6.56. The molecule has 11 nitrogen and oxygen atoms in total. The molecule has 0 aromatic heterocycles. The van der Waals surface area contributed by atoms with Crippen LogP contribution in [0, 0.1) is 11.3 Å². The molecular formula is C35H45ClN2O9. The number of hydrogen-bond acceptors (Lipinski definition) is 8. The fraction of sp³-hybridized carbons (Fsp3) is 0.543. The van der Waals surface area contributed by atoms with Crippen LogP contribution in [0.3, 0.4) is 0 Å². The molecule has 0 saturated carbocycles. The van der Waals surface area contributed by atoms with Gasteiger partial charge in [0, 0.05) is 59.7 Å². The van der Waals surface area contributed by atoms with Gasteiger partial charge in [0.1, 0.15) is 12.2 Å². The molecule has 4 rings (SSSR count). The van der Waals surface area contributed by atoms with Crippen LogP contribution >= 0.6 is 11.6 Å². The molecule has 2 amide bonds. The van der Waals surface area contributed by atoms with E-state index in [4.69, 9.17) is 30.5 Å². The summed E-state index contributed by atoms with van der Waals surface area (Å²) in [5.41, 5.74) is 1.06. The molecule has 12 heteroatoms. The molecule has 2 aliphatic heterocycles. The number of esters is 1. The fourth-order valence-corrected chi connectivity index (χ4v) is 6.74. The molecule has 1 fully saturated rings. The van der Waals surface area contributed by atoms with Crippen molar-refractivity contribution in [2.75, 3.05) is 38.8 Å². The minimum absolute atomic E-state index is 0.0173. The van der Waals surface area contributed by atoms with Crippen molar-refractivity contribution in [1.29, 1.82) is 0 Å². The van der Waals surface area contributed by atoms with Crippen molar-refractivity contribution in [3.8, 4) is 11.5 Å². The topological polar surface area (TPSA) is 132 Å². The summed E-state index contributed by atoms with van der Waals surface area (Å²) in [5, 5.41) is 9.76. The standard InChI is InChI=1S/C35H45ClN2O9/c1-7-24-15-22(16-31(41)42)13-14-37(24)30(40)18-29-34(43)38(19-35(3,4)20-46-21(2)39)27-12-11-23(36)17-26(27)32(47-29)25-9-8-10-28(44-5)33(25)45-6/h8-12,17,22,24,29,32H,7,13-16,18-20H2,1-6H3,(H,41,42)/t22?,24?,29-,32-/m1/s1. The molecular weight excluding hydrogens is 628 g/mol. The van der Waals surface area contributed by atoms with Crippen molar-refractivity contribution < 1.29 is 43.2 Å². The van der Waals surface area contributed by atoms with E-state index in [1.54, 1.807) is 40.1 Å². The van der Waals surface area contributed by atoms with Crippen LogP contribution in [-0.4, -0.2) is 79.8 Å². The van der Waals surface area contributed by atoms with Gasteiger partial charge in [0.05, 0.1) is 27.2 Å². The Labute approximate surface area is 281 Å². The normalized spacial score (nSPS) is 21.5. The number of para-hydroxylation sites is 1. The monoisotopic (exact) mass is 672 g/mol. The number of likely N-dealkylation sites (tertiary alicyclic amines) is 1. The van der Waals surface area contributed by atoms with Crippen LogP contribution in [0.2, 0.25) is 5.02 Å². The molecule has 2 aromatic carbocycles. The molecule has 0 aliphatic carbocycles. The zero-order valence-corrected chi connectivity index (χ0v) is 28.7. The number of carboxylic acid groups (broad SMARTS) is 1. The summed E-state index contributed by atoms with van der Waals surface area (Å²) in [4.78, 5) is 55.0. The smallest absolute Gasteiger partial charge is 0.303 e. The highest BCUT2D eigenvalue weighted by atomic mass is 35.5. The van der Waals surface area contributed by atoms with Crippen molar-refractivity contribution in [2.24, 2.45) is 11.3 Å². The van der Waals surface area contributed by atoms with Gasteiger partial charge in [-0.3, -0.25) is 19.2 Å². The first-order chi connectivity index (χ1) is 22.3. The summed E-state index contributed by atoms with van der Waals surface area (Å²) in [5.74, 6) is -1.08. The SMILES string of the molecule is CCC1CC(CC(=O)O)CCN1C(=O)C[C@H]1O[C@H](c2cccc(OC)c2OC)c2cc(Cl)ccc2N(CC(C)(C)COC(C)=O)C1=O. The number of halogens is 1. The Morgan fingerprint density at radius 1 is 1.09 bits per heavy atom. The van der Waals surface area contributed by atoms with Crippen LogP contribution in [-0.2, 0) is 28.7 Å². The Hall–Kier alpha value is -3.83. The maximum absolute atomic E-state index is 14.6. The zero-order chi connectivity index (χ0) is 34.5. The lowest BCUT2D eigenvalue weighted by Crippen LogP contribution is -2.50.